The van der Waals surface area contributed by atoms with Crippen molar-refractivity contribution in [2.75, 3.05) is 14.2 Å². The number of hydrogen-bond donors (Lipinski definition) is 0. The van der Waals surface area contributed by atoms with Gasteiger partial charge in [-0.05, 0) is 38.0 Å². The van der Waals surface area contributed by atoms with Crippen LogP contribution in [0, 0.1) is 0 Å². The van der Waals surface area contributed by atoms with Gasteiger partial charge in [0, 0.05) is 12.1 Å². The Bertz CT molecular complexity index is 1140. The number of rotatable bonds is 5. The van der Waals surface area contributed by atoms with Gasteiger partial charge in [-0.15, -0.1) is 10.2 Å². The fourth-order valence-corrected chi connectivity index (χ4v) is 5.10. The van der Waals surface area contributed by atoms with E-state index in [-0.39, 0.29) is 18.0 Å². The molecule has 1 amide bonds. The minimum Gasteiger partial charge on any atom is -0.493 e. The van der Waals surface area contributed by atoms with Gasteiger partial charge in [0.1, 0.15) is 5.69 Å². The molecular formula is C23H28N6O3. The normalized spacial score (nSPS) is 19.9. The van der Waals surface area contributed by atoms with Crippen molar-refractivity contribution in [2.24, 2.45) is 0 Å². The first-order valence-corrected chi connectivity index (χ1v) is 11.1. The minimum atomic E-state index is 0.0168. The Balaban J connectivity index is 1.55. The number of nitrogens with zero attached hydrogens (tertiary/aromatic N) is 6. The van der Waals surface area contributed by atoms with Gasteiger partial charge < -0.3 is 23.5 Å². The summed E-state index contributed by atoms with van der Waals surface area (Å²) in [6.07, 6.45) is 7.58. The van der Waals surface area contributed by atoms with Crippen LogP contribution in [0.25, 0.3) is 11.4 Å². The van der Waals surface area contributed by atoms with E-state index in [1.807, 2.05) is 34.6 Å². The lowest BCUT2D eigenvalue weighted by Gasteiger charge is -2.44. The van der Waals surface area contributed by atoms with Crippen molar-refractivity contribution in [3.05, 3.63) is 42.2 Å². The number of carbonyl (C=O) groups is 1. The Morgan fingerprint density at radius 3 is 2.62 bits per heavy atom. The van der Waals surface area contributed by atoms with Gasteiger partial charge in [-0.2, -0.15) is 0 Å². The second-order valence-corrected chi connectivity index (χ2v) is 8.30. The molecule has 1 saturated carbocycles. The van der Waals surface area contributed by atoms with Crippen molar-refractivity contribution in [3.63, 3.8) is 0 Å². The summed E-state index contributed by atoms with van der Waals surface area (Å²) >= 11 is 0. The molecule has 0 radical (unpaired) electrons. The molecule has 2 unspecified atom stereocenters. The fraction of sp³-hybridized carbons (Fsp3) is 0.478. The number of carbonyl (C=O) groups excluding carboxylic acids is 1. The summed E-state index contributed by atoms with van der Waals surface area (Å²) in [6, 6.07) is 6.06. The lowest BCUT2D eigenvalue weighted by atomic mass is 9.87. The van der Waals surface area contributed by atoms with Gasteiger partial charge in [-0.1, -0.05) is 12.8 Å². The molecule has 2 aliphatic rings. The van der Waals surface area contributed by atoms with E-state index >= 15 is 0 Å². The number of ether oxygens (including phenoxy) is 2. The van der Waals surface area contributed by atoms with E-state index in [1.54, 1.807) is 26.7 Å². The second kappa shape index (κ2) is 8.29. The largest absolute Gasteiger partial charge is 0.493 e. The van der Waals surface area contributed by atoms with E-state index in [9.17, 15) is 4.79 Å². The van der Waals surface area contributed by atoms with Crippen LogP contribution >= 0.6 is 0 Å². The maximum absolute atomic E-state index is 13.5. The van der Waals surface area contributed by atoms with Crippen molar-refractivity contribution >= 4 is 5.91 Å². The summed E-state index contributed by atoms with van der Waals surface area (Å²) in [4.78, 5) is 19.7. The first kappa shape index (κ1) is 20.5. The number of aryl methyl sites for hydroxylation is 1. The van der Waals surface area contributed by atoms with Crippen molar-refractivity contribution in [3.8, 4) is 22.9 Å². The summed E-state index contributed by atoms with van der Waals surface area (Å²) in [6.45, 7) is 3.17. The van der Waals surface area contributed by atoms with Gasteiger partial charge >= 0.3 is 0 Å². The third-order valence-corrected chi connectivity index (χ3v) is 6.68. The van der Waals surface area contributed by atoms with Gasteiger partial charge in [0.05, 0.1) is 45.4 Å². The number of imidazole rings is 1. The molecule has 3 heterocycles. The summed E-state index contributed by atoms with van der Waals surface area (Å²) in [5, 5.41) is 9.04. The Morgan fingerprint density at radius 1 is 1.09 bits per heavy atom. The summed E-state index contributed by atoms with van der Waals surface area (Å²) in [7, 11) is 3.25. The molecule has 2 atom stereocenters. The lowest BCUT2D eigenvalue weighted by Crippen LogP contribution is -2.51. The molecule has 1 aliphatic heterocycles. The molecule has 1 aromatic carbocycles. The molecule has 1 aliphatic carbocycles. The Hall–Kier alpha value is -3.36. The molecule has 0 N–H and O–H groups in total. The molecule has 1 fully saturated rings. The van der Waals surface area contributed by atoms with E-state index < -0.39 is 0 Å². The molecule has 168 valence electrons. The highest BCUT2D eigenvalue weighted by molar-refractivity contribution is 5.92. The molecule has 0 saturated heterocycles. The van der Waals surface area contributed by atoms with Crippen LogP contribution < -0.4 is 9.47 Å². The standard InChI is InChI=1S/C23H28N6O3/c1-4-27-14-24-12-18(27)23(30)28-13-21-25-26-22(29(21)17-8-6-5-7-16(17)28)15-9-10-19(31-2)20(11-15)32-3/h9-12,14,16-17H,4-8,13H2,1-3H3. The van der Waals surface area contributed by atoms with Crippen LogP contribution in [0.4, 0.5) is 0 Å². The quantitative estimate of drug-likeness (QED) is 0.610. The van der Waals surface area contributed by atoms with Crippen LogP contribution in [-0.2, 0) is 13.1 Å². The van der Waals surface area contributed by atoms with Crippen molar-refractivity contribution < 1.29 is 14.3 Å². The van der Waals surface area contributed by atoms with Crippen molar-refractivity contribution in [1.29, 1.82) is 0 Å². The monoisotopic (exact) mass is 436 g/mol. The maximum Gasteiger partial charge on any atom is 0.272 e. The second-order valence-electron chi connectivity index (χ2n) is 8.30. The number of aromatic nitrogens is 5. The molecule has 0 spiro atoms. The highest BCUT2D eigenvalue weighted by Gasteiger charge is 2.42. The third kappa shape index (κ3) is 3.23. The van der Waals surface area contributed by atoms with Gasteiger partial charge in [-0.3, -0.25) is 4.79 Å². The van der Waals surface area contributed by atoms with Crippen molar-refractivity contribution in [2.45, 2.75) is 57.8 Å². The third-order valence-electron chi connectivity index (χ3n) is 6.68. The summed E-state index contributed by atoms with van der Waals surface area (Å²) in [5.74, 6) is 2.97. The predicted octanol–water partition coefficient (Wildman–Crippen LogP) is 3.32. The molecule has 2 aromatic heterocycles. The van der Waals surface area contributed by atoms with E-state index in [0.717, 1.165) is 42.9 Å². The average Bonchev–Trinajstić information content (AvgIpc) is 3.49. The van der Waals surface area contributed by atoms with Gasteiger partial charge in [0.2, 0.25) is 0 Å². The topological polar surface area (TPSA) is 87.3 Å². The first-order valence-electron chi connectivity index (χ1n) is 11.1. The number of hydrogen-bond acceptors (Lipinski definition) is 6. The fourth-order valence-electron chi connectivity index (χ4n) is 5.10. The molecule has 9 nitrogen and oxygen atoms in total. The van der Waals surface area contributed by atoms with Crippen molar-refractivity contribution in [1.82, 2.24) is 29.2 Å². The predicted molar refractivity (Wildman–Crippen MR) is 118 cm³/mol. The minimum absolute atomic E-state index is 0.0168. The highest BCUT2D eigenvalue weighted by Crippen LogP contribution is 2.41. The van der Waals surface area contributed by atoms with Crippen LogP contribution in [0.15, 0.2) is 30.7 Å². The zero-order valence-electron chi connectivity index (χ0n) is 18.7. The van der Waals surface area contributed by atoms with E-state index in [4.69, 9.17) is 9.47 Å². The van der Waals surface area contributed by atoms with E-state index in [1.165, 1.54) is 0 Å². The molecule has 32 heavy (non-hydrogen) atoms. The lowest BCUT2D eigenvalue weighted by molar-refractivity contribution is 0.0410. The molecule has 5 rings (SSSR count). The van der Waals surface area contributed by atoms with Gasteiger partial charge in [0.25, 0.3) is 5.91 Å². The number of methoxy groups -OCH3 is 2. The van der Waals surface area contributed by atoms with Crippen LogP contribution in [0.5, 0.6) is 11.5 Å². The number of fused-ring (bicyclic) bond motifs is 3. The Morgan fingerprint density at radius 2 is 1.88 bits per heavy atom. The van der Waals surface area contributed by atoms with Gasteiger partial charge in [0.15, 0.2) is 23.1 Å². The highest BCUT2D eigenvalue weighted by atomic mass is 16.5. The van der Waals surface area contributed by atoms with Crippen LogP contribution in [0.3, 0.4) is 0 Å². The molecule has 3 aromatic rings. The molecular weight excluding hydrogens is 408 g/mol. The Kier molecular flexibility index (Phi) is 5.32. The molecule has 9 heteroatoms. The van der Waals surface area contributed by atoms with E-state index in [0.29, 0.717) is 30.3 Å². The smallest absolute Gasteiger partial charge is 0.272 e. The van der Waals surface area contributed by atoms with Crippen LogP contribution in [0.2, 0.25) is 0 Å². The zero-order valence-corrected chi connectivity index (χ0v) is 18.7. The average molecular weight is 437 g/mol. The Labute approximate surface area is 187 Å². The summed E-state index contributed by atoms with van der Waals surface area (Å²) < 4.78 is 15.0. The van der Waals surface area contributed by atoms with Crippen LogP contribution in [0.1, 0.15) is 55.0 Å². The molecule has 0 bridgehead atoms. The number of amides is 1. The zero-order chi connectivity index (χ0) is 22.2. The maximum atomic E-state index is 13.5. The van der Waals surface area contributed by atoms with E-state index in [2.05, 4.69) is 19.7 Å². The number of benzene rings is 1. The SMILES string of the molecule is CCn1cncc1C(=O)N1Cc2nnc(-c3ccc(OC)c(OC)c3)n2C2CCCCC21. The summed E-state index contributed by atoms with van der Waals surface area (Å²) in [5.41, 5.74) is 1.56. The van der Waals surface area contributed by atoms with Crippen LogP contribution in [-0.4, -0.2) is 55.4 Å². The van der Waals surface area contributed by atoms with Gasteiger partial charge in [-0.25, -0.2) is 4.98 Å². The first-order chi connectivity index (χ1) is 15.7.